The lowest BCUT2D eigenvalue weighted by molar-refractivity contribution is -0.138. The molecule has 10 nitrogen and oxygen atoms in total. The SMILES string of the molecule is Cc1cc(CN2CCN(CC(=O)O)CC2)cc(Nc2nccc(-c3ccc(NCCCN)nc3)n2)c1. The third-order valence-corrected chi connectivity index (χ3v) is 6.03. The average Bonchev–Trinajstić information content (AvgIpc) is 2.85. The van der Waals surface area contributed by atoms with Gasteiger partial charge >= 0.3 is 5.97 Å². The fourth-order valence-corrected chi connectivity index (χ4v) is 4.26. The van der Waals surface area contributed by atoms with Gasteiger partial charge in [-0.05, 0) is 61.3 Å². The molecule has 1 fully saturated rings. The number of hydrogen-bond acceptors (Lipinski definition) is 9. The summed E-state index contributed by atoms with van der Waals surface area (Å²) in [7, 11) is 0. The van der Waals surface area contributed by atoms with Gasteiger partial charge in [0.15, 0.2) is 0 Å². The van der Waals surface area contributed by atoms with Crippen molar-refractivity contribution in [2.45, 2.75) is 19.9 Å². The summed E-state index contributed by atoms with van der Waals surface area (Å²) in [5.74, 6) is 0.569. The van der Waals surface area contributed by atoms with E-state index in [1.54, 1.807) is 12.4 Å². The van der Waals surface area contributed by atoms with Crippen LogP contribution in [0.1, 0.15) is 17.5 Å². The summed E-state index contributed by atoms with van der Waals surface area (Å²) < 4.78 is 0. The number of carboxylic acids is 1. The Morgan fingerprint density at radius 2 is 1.89 bits per heavy atom. The van der Waals surface area contributed by atoms with Crippen molar-refractivity contribution in [3.8, 4) is 11.3 Å². The van der Waals surface area contributed by atoms with E-state index in [4.69, 9.17) is 10.8 Å². The van der Waals surface area contributed by atoms with Gasteiger partial charge in [0.25, 0.3) is 0 Å². The largest absolute Gasteiger partial charge is 0.480 e. The maximum atomic E-state index is 10.9. The lowest BCUT2D eigenvalue weighted by atomic mass is 10.1. The molecule has 0 saturated carbocycles. The Labute approximate surface area is 211 Å². The summed E-state index contributed by atoms with van der Waals surface area (Å²) in [4.78, 5) is 28.8. The molecule has 10 heteroatoms. The van der Waals surface area contributed by atoms with E-state index in [1.807, 2.05) is 23.1 Å². The first-order chi connectivity index (χ1) is 17.5. The summed E-state index contributed by atoms with van der Waals surface area (Å²) in [5, 5.41) is 15.6. The van der Waals surface area contributed by atoms with Crippen molar-refractivity contribution in [3.05, 3.63) is 59.9 Å². The molecule has 0 spiro atoms. The Morgan fingerprint density at radius 1 is 1.08 bits per heavy atom. The monoisotopic (exact) mass is 490 g/mol. The number of carboxylic acid groups (broad SMARTS) is 1. The minimum absolute atomic E-state index is 0.108. The van der Waals surface area contributed by atoms with Gasteiger partial charge < -0.3 is 21.5 Å². The van der Waals surface area contributed by atoms with E-state index in [9.17, 15) is 4.79 Å². The highest BCUT2D eigenvalue weighted by atomic mass is 16.4. The van der Waals surface area contributed by atoms with Crippen molar-refractivity contribution in [2.24, 2.45) is 5.73 Å². The van der Waals surface area contributed by atoms with Crippen LogP contribution in [-0.4, -0.2) is 81.6 Å². The Balaban J connectivity index is 1.39. The van der Waals surface area contributed by atoms with Crippen molar-refractivity contribution < 1.29 is 9.90 Å². The van der Waals surface area contributed by atoms with Crippen LogP contribution in [0.15, 0.2) is 48.8 Å². The number of rotatable bonds is 11. The first kappa shape index (κ1) is 25.5. The molecule has 1 aromatic carbocycles. The van der Waals surface area contributed by atoms with Gasteiger partial charge in [0.05, 0.1) is 12.2 Å². The van der Waals surface area contributed by atoms with E-state index < -0.39 is 5.97 Å². The minimum Gasteiger partial charge on any atom is -0.480 e. The van der Waals surface area contributed by atoms with Gasteiger partial charge in [-0.2, -0.15) is 0 Å². The summed E-state index contributed by atoms with van der Waals surface area (Å²) in [6.07, 6.45) is 4.44. The van der Waals surface area contributed by atoms with Crippen LogP contribution in [0.5, 0.6) is 0 Å². The van der Waals surface area contributed by atoms with E-state index in [-0.39, 0.29) is 6.54 Å². The molecule has 3 heterocycles. The van der Waals surface area contributed by atoms with E-state index in [2.05, 4.69) is 55.6 Å². The number of nitrogens with zero attached hydrogens (tertiary/aromatic N) is 5. The number of benzene rings is 1. The lowest BCUT2D eigenvalue weighted by Crippen LogP contribution is -2.47. The molecule has 0 amide bonds. The van der Waals surface area contributed by atoms with Crippen LogP contribution in [0.4, 0.5) is 17.5 Å². The molecule has 190 valence electrons. The molecular weight excluding hydrogens is 456 g/mol. The number of aliphatic carboxylic acids is 1. The van der Waals surface area contributed by atoms with Gasteiger partial charge in [-0.25, -0.2) is 15.0 Å². The Kier molecular flexibility index (Phi) is 8.77. The van der Waals surface area contributed by atoms with Crippen LogP contribution in [-0.2, 0) is 11.3 Å². The predicted molar refractivity (Wildman–Crippen MR) is 141 cm³/mol. The maximum absolute atomic E-state index is 10.9. The molecule has 36 heavy (non-hydrogen) atoms. The quantitative estimate of drug-likeness (QED) is 0.297. The zero-order chi connectivity index (χ0) is 25.3. The van der Waals surface area contributed by atoms with Crippen LogP contribution in [0, 0.1) is 6.92 Å². The number of hydrogen-bond donors (Lipinski definition) is 4. The number of aromatic nitrogens is 3. The molecule has 1 aliphatic rings. The van der Waals surface area contributed by atoms with Crippen molar-refractivity contribution in [1.82, 2.24) is 24.8 Å². The molecule has 4 rings (SSSR count). The third kappa shape index (κ3) is 7.45. The Bertz CT molecular complexity index is 1150. The highest BCUT2D eigenvalue weighted by Gasteiger charge is 2.19. The van der Waals surface area contributed by atoms with Crippen molar-refractivity contribution in [3.63, 3.8) is 0 Å². The summed E-state index contributed by atoms with van der Waals surface area (Å²) in [5.41, 5.74) is 10.5. The molecule has 0 unspecified atom stereocenters. The zero-order valence-corrected chi connectivity index (χ0v) is 20.7. The number of nitrogens with one attached hydrogen (secondary N) is 2. The first-order valence-corrected chi connectivity index (χ1v) is 12.3. The Hall–Kier alpha value is -3.60. The molecule has 2 aromatic heterocycles. The van der Waals surface area contributed by atoms with Crippen LogP contribution in [0.2, 0.25) is 0 Å². The maximum Gasteiger partial charge on any atom is 0.317 e. The fraction of sp³-hybridized carbons (Fsp3) is 0.385. The van der Waals surface area contributed by atoms with Crippen LogP contribution >= 0.6 is 0 Å². The topological polar surface area (TPSA) is 133 Å². The highest BCUT2D eigenvalue weighted by molar-refractivity contribution is 5.69. The lowest BCUT2D eigenvalue weighted by Gasteiger charge is -2.33. The molecule has 0 bridgehead atoms. The normalized spacial score (nSPS) is 14.5. The first-order valence-electron chi connectivity index (χ1n) is 12.3. The van der Waals surface area contributed by atoms with Crippen molar-refractivity contribution >= 4 is 23.4 Å². The summed E-state index contributed by atoms with van der Waals surface area (Å²) in [6.45, 7) is 7.68. The summed E-state index contributed by atoms with van der Waals surface area (Å²) in [6, 6.07) is 12.2. The summed E-state index contributed by atoms with van der Waals surface area (Å²) >= 11 is 0. The average molecular weight is 491 g/mol. The minimum atomic E-state index is -0.771. The molecular formula is C26H34N8O2. The second kappa shape index (κ2) is 12.4. The van der Waals surface area contributed by atoms with Gasteiger partial charge in [0, 0.05) is 62.9 Å². The van der Waals surface area contributed by atoms with Gasteiger partial charge in [-0.15, -0.1) is 0 Å². The molecule has 0 aliphatic carbocycles. The number of piperazine rings is 1. The Morgan fingerprint density at radius 3 is 2.61 bits per heavy atom. The van der Waals surface area contributed by atoms with Crippen molar-refractivity contribution in [2.75, 3.05) is 56.4 Å². The molecule has 1 aliphatic heterocycles. The second-order valence-electron chi connectivity index (χ2n) is 9.04. The fourth-order valence-electron chi connectivity index (χ4n) is 4.26. The number of aryl methyl sites for hydroxylation is 1. The number of nitrogens with two attached hydrogens (primary N) is 1. The van der Waals surface area contributed by atoms with Gasteiger partial charge in [0.2, 0.25) is 5.95 Å². The van der Waals surface area contributed by atoms with Gasteiger partial charge in [0.1, 0.15) is 5.82 Å². The number of pyridine rings is 1. The van der Waals surface area contributed by atoms with Crippen molar-refractivity contribution in [1.29, 1.82) is 0 Å². The number of anilines is 3. The van der Waals surface area contributed by atoms with E-state index >= 15 is 0 Å². The third-order valence-electron chi connectivity index (χ3n) is 6.03. The van der Waals surface area contributed by atoms with Gasteiger partial charge in [-0.3, -0.25) is 14.6 Å². The molecule has 1 saturated heterocycles. The van der Waals surface area contributed by atoms with Gasteiger partial charge in [-0.1, -0.05) is 6.07 Å². The highest BCUT2D eigenvalue weighted by Crippen LogP contribution is 2.22. The molecule has 0 radical (unpaired) electrons. The standard InChI is InChI=1S/C26H34N8O2/c1-19-13-20(17-33-9-11-34(12-10-33)18-25(35)36)15-22(14-19)31-26-29-8-5-23(32-26)21-3-4-24(30-16-21)28-7-2-6-27/h3-5,8,13-16H,2,6-7,9-12,17-18,27H2,1H3,(H,28,30)(H,35,36)(H,29,31,32). The molecule has 0 atom stereocenters. The van der Waals surface area contributed by atoms with Crippen LogP contribution in [0.25, 0.3) is 11.3 Å². The molecule has 3 aromatic rings. The predicted octanol–water partition coefficient (Wildman–Crippen LogP) is 2.55. The smallest absolute Gasteiger partial charge is 0.317 e. The van der Waals surface area contributed by atoms with Crippen LogP contribution < -0.4 is 16.4 Å². The van der Waals surface area contributed by atoms with E-state index in [1.165, 1.54) is 5.56 Å². The van der Waals surface area contributed by atoms with E-state index in [0.29, 0.717) is 12.5 Å². The second-order valence-corrected chi connectivity index (χ2v) is 9.04. The zero-order valence-electron chi connectivity index (χ0n) is 20.7. The van der Waals surface area contributed by atoms with Crippen LogP contribution in [0.3, 0.4) is 0 Å². The van der Waals surface area contributed by atoms with E-state index in [0.717, 1.165) is 74.0 Å². The number of carbonyl (C=O) groups is 1. The molecule has 5 N–H and O–H groups in total.